The quantitative estimate of drug-likeness (QED) is 0.779. The summed E-state index contributed by atoms with van der Waals surface area (Å²) in [5, 5.41) is 0. The molecule has 0 saturated heterocycles. The van der Waals surface area contributed by atoms with Crippen molar-refractivity contribution < 1.29 is 23.8 Å². The summed E-state index contributed by atoms with van der Waals surface area (Å²) in [5.41, 5.74) is 2.42. The fourth-order valence-electron chi connectivity index (χ4n) is 2.78. The van der Waals surface area contributed by atoms with Crippen LogP contribution in [0.1, 0.15) is 0 Å². The van der Waals surface area contributed by atoms with E-state index >= 15 is 0 Å². The summed E-state index contributed by atoms with van der Waals surface area (Å²) in [6, 6.07) is 13.0. The summed E-state index contributed by atoms with van der Waals surface area (Å²) < 4.78 is 15.2. The number of esters is 2. The number of para-hydroxylation sites is 1. The first-order valence-electron chi connectivity index (χ1n) is 7.93. The molecule has 0 atom stereocenters. The van der Waals surface area contributed by atoms with Gasteiger partial charge in [-0.2, -0.15) is 0 Å². The minimum Gasteiger partial charge on any atom is -0.466 e. The van der Waals surface area contributed by atoms with Crippen molar-refractivity contribution in [2.45, 2.75) is 0 Å². The average molecular weight is 354 g/mol. The van der Waals surface area contributed by atoms with Gasteiger partial charge < -0.3 is 19.1 Å². The van der Waals surface area contributed by atoms with Crippen LogP contribution < -0.4 is 4.90 Å². The van der Waals surface area contributed by atoms with E-state index in [9.17, 15) is 9.59 Å². The fraction of sp³-hybridized carbons (Fsp3) is 0.211. The Morgan fingerprint density at radius 1 is 1.04 bits per heavy atom. The van der Waals surface area contributed by atoms with Gasteiger partial charge in [0, 0.05) is 11.8 Å². The lowest BCUT2D eigenvalue weighted by atomic mass is 10.1. The normalized spacial score (nSPS) is 14.2. The maximum atomic E-state index is 12.4. The van der Waals surface area contributed by atoms with Crippen LogP contribution >= 0.6 is 0 Å². The molecule has 0 N–H and O–H groups in total. The molecule has 0 saturated carbocycles. The van der Waals surface area contributed by atoms with Crippen LogP contribution in [0.3, 0.4) is 0 Å². The zero-order valence-corrected chi connectivity index (χ0v) is 14.5. The zero-order valence-electron chi connectivity index (χ0n) is 14.5. The summed E-state index contributed by atoms with van der Waals surface area (Å²) in [5.74, 6) is -1.27. The number of methoxy groups -OCH3 is 2. The third-order valence-corrected chi connectivity index (χ3v) is 3.97. The van der Waals surface area contributed by atoms with E-state index in [1.54, 1.807) is 11.1 Å². The minimum absolute atomic E-state index is 0.0284. The molecule has 0 unspecified atom stereocenters. The molecule has 2 aromatic rings. The van der Waals surface area contributed by atoms with Gasteiger partial charge in [0.05, 0.1) is 37.8 Å². The lowest BCUT2D eigenvalue weighted by Gasteiger charge is -2.32. The van der Waals surface area contributed by atoms with Crippen molar-refractivity contribution in [1.82, 2.24) is 4.98 Å². The molecule has 1 aromatic carbocycles. The van der Waals surface area contributed by atoms with Gasteiger partial charge >= 0.3 is 11.9 Å². The van der Waals surface area contributed by atoms with E-state index in [2.05, 4.69) is 4.98 Å². The first kappa shape index (κ1) is 17.6. The van der Waals surface area contributed by atoms with Crippen molar-refractivity contribution in [3.05, 3.63) is 59.9 Å². The molecule has 0 spiro atoms. The Morgan fingerprint density at radius 2 is 1.77 bits per heavy atom. The van der Waals surface area contributed by atoms with Crippen LogP contribution in [0.5, 0.6) is 0 Å². The molecule has 7 heteroatoms. The number of rotatable bonds is 4. The number of pyridine rings is 1. The number of carbonyl (C=O) groups excluding carboxylic acids is 2. The van der Waals surface area contributed by atoms with Gasteiger partial charge in [-0.1, -0.05) is 24.3 Å². The van der Waals surface area contributed by atoms with Crippen LogP contribution in [0.4, 0.5) is 5.69 Å². The van der Waals surface area contributed by atoms with Crippen LogP contribution in [0.25, 0.3) is 11.3 Å². The maximum Gasteiger partial charge on any atom is 0.355 e. The van der Waals surface area contributed by atoms with E-state index in [4.69, 9.17) is 14.2 Å². The Balaban J connectivity index is 2.16. The molecule has 134 valence electrons. The number of hydrogen-bond donors (Lipinski definition) is 0. The summed E-state index contributed by atoms with van der Waals surface area (Å²) in [7, 11) is 2.52. The first-order chi connectivity index (χ1) is 12.7. The molecule has 1 aliphatic heterocycles. The lowest BCUT2D eigenvalue weighted by Crippen LogP contribution is -2.39. The second-order valence-electron chi connectivity index (χ2n) is 5.45. The number of nitrogens with zero attached hydrogens (tertiary/aromatic N) is 2. The van der Waals surface area contributed by atoms with Crippen molar-refractivity contribution in [1.29, 1.82) is 0 Å². The summed E-state index contributed by atoms with van der Waals surface area (Å²) in [6.07, 6.45) is 1.69. The average Bonchev–Trinajstić information content (AvgIpc) is 2.72. The summed E-state index contributed by atoms with van der Waals surface area (Å²) in [6.45, 7) is 0.0636. The highest BCUT2D eigenvalue weighted by Crippen LogP contribution is 2.34. The second kappa shape index (κ2) is 7.79. The van der Waals surface area contributed by atoms with E-state index < -0.39 is 11.9 Å². The first-order valence-corrected chi connectivity index (χ1v) is 7.93. The monoisotopic (exact) mass is 354 g/mol. The van der Waals surface area contributed by atoms with E-state index in [-0.39, 0.29) is 24.6 Å². The maximum absolute atomic E-state index is 12.4. The van der Waals surface area contributed by atoms with Gasteiger partial charge in [0.2, 0.25) is 0 Å². The van der Waals surface area contributed by atoms with Crippen molar-refractivity contribution in [3.8, 4) is 11.3 Å². The van der Waals surface area contributed by atoms with Crippen molar-refractivity contribution in [2.75, 3.05) is 32.5 Å². The van der Waals surface area contributed by atoms with Gasteiger partial charge in [0.1, 0.15) is 12.4 Å². The predicted molar refractivity (Wildman–Crippen MR) is 94.0 cm³/mol. The fourth-order valence-corrected chi connectivity index (χ4v) is 2.78. The molecule has 26 heavy (non-hydrogen) atoms. The molecule has 2 heterocycles. The third kappa shape index (κ3) is 3.29. The molecule has 0 aliphatic carbocycles. The number of anilines is 1. The Bertz CT molecular complexity index is 848. The number of carbonyl (C=O) groups is 2. The molecule has 0 bridgehead atoms. The van der Waals surface area contributed by atoms with E-state index in [0.717, 1.165) is 11.3 Å². The zero-order chi connectivity index (χ0) is 18.5. The van der Waals surface area contributed by atoms with Crippen LogP contribution in [0, 0.1) is 0 Å². The molecule has 0 amide bonds. The number of ether oxygens (including phenoxy) is 3. The topological polar surface area (TPSA) is 78.0 Å². The van der Waals surface area contributed by atoms with Crippen LogP contribution in [0.2, 0.25) is 0 Å². The van der Waals surface area contributed by atoms with Gasteiger partial charge in [-0.25, -0.2) is 9.59 Å². The Hall–Kier alpha value is -3.19. The highest BCUT2D eigenvalue weighted by Gasteiger charge is 2.33. The van der Waals surface area contributed by atoms with E-state index in [0.29, 0.717) is 5.69 Å². The molecular formula is C19H18N2O5. The highest BCUT2D eigenvalue weighted by molar-refractivity contribution is 6.04. The van der Waals surface area contributed by atoms with Crippen LogP contribution in [-0.2, 0) is 23.8 Å². The van der Waals surface area contributed by atoms with Crippen molar-refractivity contribution >= 4 is 17.6 Å². The number of benzene rings is 1. The van der Waals surface area contributed by atoms with Gasteiger partial charge in [-0.3, -0.25) is 4.98 Å². The Morgan fingerprint density at radius 3 is 2.46 bits per heavy atom. The largest absolute Gasteiger partial charge is 0.466 e. The van der Waals surface area contributed by atoms with Gasteiger partial charge in [-0.05, 0) is 18.2 Å². The SMILES string of the molecule is COC(=O)C1=C(C(=O)OC)N(c2ccccc2-c2ccccn2)COC1. The number of hydrogen-bond acceptors (Lipinski definition) is 7. The smallest absolute Gasteiger partial charge is 0.355 e. The van der Waals surface area contributed by atoms with Crippen molar-refractivity contribution in [3.63, 3.8) is 0 Å². The van der Waals surface area contributed by atoms with Gasteiger partial charge in [-0.15, -0.1) is 0 Å². The summed E-state index contributed by atoms with van der Waals surface area (Å²) >= 11 is 0. The Kier molecular flexibility index (Phi) is 5.28. The Labute approximate surface area is 150 Å². The minimum atomic E-state index is -0.635. The molecular weight excluding hydrogens is 336 g/mol. The van der Waals surface area contributed by atoms with E-state index in [1.165, 1.54) is 14.2 Å². The highest BCUT2D eigenvalue weighted by atomic mass is 16.5. The van der Waals surface area contributed by atoms with Gasteiger partial charge in [0.25, 0.3) is 0 Å². The number of aromatic nitrogens is 1. The molecule has 1 aromatic heterocycles. The van der Waals surface area contributed by atoms with Crippen LogP contribution in [-0.4, -0.2) is 44.5 Å². The standard InChI is InChI=1S/C19H18N2O5/c1-24-18(22)14-11-26-12-21(17(14)19(23)25-2)16-9-4-3-7-13(16)15-8-5-6-10-20-15/h3-10H,11-12H2,1-2H3. The molecule has 0 fully saturated rings. The molecule has 3 rings (SSSR count). The molecule has 1 aliphatic rings. The van der Waals surface area contributed by atoms with Gasteiger partial charge in [0.15, 0.2) is 0 Å². The third-order valence-electron chi connectivity index (χ3n) is 3.97. The van der Waals surface area contributed by atoms with Crippen molar-refractivity contribution in [2.24, 2.45) is 0 Å². The predicted octanol–water partition coefficient (Wildman–Crippen LogP) is 2.14. The van der Waals surface area contributed by atoms with E-state index in [1.807, 2.05) is 42.5 Å². The lowest BCUT2D eigenvalue weighted by molar-refractivity contribution is -0.140. The molecule has 7 nitrogen and oxygen atoms in total. The second-order valence-corrected chi connectivity index (χ2v) is 5.45. The molecule has 0 radical (unpaired) electrons. The van der Waals surface area contributed by atoms with Crippen LogP contribution in [0.15, 0.2) is 59.9 Å². The summed E-state index contributed by atoms with van der Waals surface area (Å²) in [4.78, 5) is 30.5.